The smallest absolute Gasteiger partial charge is 0.319 e. The number of carbonyl (C=O) groups excluding carboxylic acids is 1. The first-order chi connectivity index (χ1) is 14.2. The molecule has 1 saturated heterocycles. The van der Waals surface area contributed by atoms with Crippen molar-refractivity contribution >= 4 is 23.1 Å². The molecule has 6 heteroatoms. The highest BCUT2D eigenvalue weighted by Gasteiger charge is 2.20. The predicted octanol–water partition coefficient (Wildman–Crippen LogP) is 4.90. The van der Waals surface area contributed by atoms with E-state index in [1.54, 1.807) is 11.3 Å². The average Bonchev–Trinajstić information content (AvgIpc) is 3.17. The van der Waals surface area contributed by atoms with Crippen LogP contribution in [-0.4, -0.2) is 35.0 Å². The van der Waals surface area contributed by atoms with Crippen molar-refractivity contribution in [3.63, 3.8) is 0 Å². The van der Waals surface area contributed by atoms with Crippen molar-refractivity contribution in [1.82, 2.24) is 15.2 Å². The van der Waals surface area contributed by atoms with Crippen molar-refractivity contribution in [1.29, 1.82) is 0 Å². The second-order valence-corrected chi connectivity index (χ2v) is 8.37. The molecule has 0 saturated carbocycles. The lowest BCUT2D eigenvalue weighted by Crippen LogP contribution is -2.45. The molecule has 2 aromatic carbocycles. The minimum Gasteiger partial charge on any atom is -0.335 e. The number of rotatable bonds is 5. The Bertz CT molecular complexity index is 948. The molecule has 0 bridgehead atoms. The van der Waals surface area contributed by atoms with Crippen LogP contribution in [0.25, 0.3) is 10.6 Å². The first-order valence-corrected chi connectivity index (χ1v) is 10.9. The molecule has 1 aliphatic heterocycles. The number of nitrogens with zero attached hydrogens (tertiary/aromatic N) is 2. The Labute approximate surface area is 175 Å². The van der Waals surface area contributed by atoms with Gasteiger partial charge in [0.2, 0.25) is 0 Å². The minimum atomic E-state index is -0.140. The van der Waals surface area contributed by atoms with Crippen molar-refractivity contribution in [2.24, 2.45) is 0 Å². The summed E-state index contributed by atoms with van der Waals surface area (Å²) in [5.74, 6) is 0. The van der Waals surface area contributed by atoms with E-state index in [2.05, 4.69) is 44.8 Å². The molecule has 0 spiro atoms. The third-order valence-electron chi connectivity index (χ3n) is 5.16. The Morgan fingerprint density at radius 2 is 1.93 bits per heavy atom. The van der Waals surface area contributed by atoms with E-state index < -0.39 is 0 Å². The maximum atomic E-state index is 12.5. The van der Waals surface area contributed by atoms with Crippen molar-refractivity contribution in [3.8, 4) is 10.6 Å². The van der Waals surface area contributed by atoms with E-state index in [4.69, 9.17) is 0 Å². The lowest BCUT2D eigenvalue weighted by Gasteiger charge is -2.32. The molecule has 150 valence electrons. The van der Waals surface area contributed by atoms with Crippen molar-refractivity contribution in [2.45, 2.75) is 32.4 Å². The second-order valence-electron chi connectivity index (χ2n) is 7.51. The van der Waals surface area contributed by atoms with Gasteiger partial charge in [0.25, 0.3) is 0 Å². The minimum absolute atomic E-state index is 0.140. The second kappa shape index (κ2) is 9.20. The SMILES string of the molecule is Cc1csc(-c2cccc(NC(=O)NC3CCN(Cc4ccccc4)CC3)c2)n1. The van der Waals surface area contributed by atoms with Gasteiger partial charge in [0, 0.05) is 48.0 Å². The van der Waals surface area contributed by atoms with Gasteiger partial charge >= 0.3 is 6.03 Å². The third kappa shape index (κ3) is 5.43. The van der Waals surface area contributed by atoms with Crippen molar-refractivity contribution < 1.29 is 4.79 Å². The molecule has 2 amide bonds. The first kappa shape index (κ1) is 19.6. The van der Waals surface area contributed by atoms with Gasteiger partial charge in [-0.1, -0.05) is 42.5 Å². The molecule has 0 radical (unpaired) electrons. The van der Waals surface area contributed by atoms with Gasteiger partial charge in [0.1, 0.15) is 5.01 Å². The van der Waals surface area contributed by atoms with Crippen LogP contribution in [0.3, 0.4) is 0 Å². The summed E-state index contributed by atoms with van der Waals surface area (Å²) >= 11 is 1.62. The van der Waals surface area contributed by atoms with Crippen LogP contribution in [0.5, 0.6) is 0 Å². The molecule has 1 aromatic heterocycles. The van der Waals surface area contributed by atoms with Crippen LogP contribution in [0.15, 0.2) is 60.0 Å². The number of thiazole rings is 1. The van der Waals surface area contributed by atoms with E-state index in [-0.39, 0.29) is 12.1 Å². The third-order valence-corrected chi connectivity index (χ3v) is 6.17. The molecule has 2 N–H and O–H groups in total. The lowest BCUT2D eigenvalue weighted by atomic mass is 10.0. The molecule has 1 aliphatic rings. The zero-order valence-electron chi connectivity index (χ0n) is 16.6. The van der Waals surface area contributed by atoms with E-state index in [0.717, 1.165) is 54.4 Å². The van der Waals surface area contributed by atoms with E-state index >= 15 is 0 Å². The number of hydrogen-bond acceptors (Lipinski definition) is 4. The van der Waals surface area contributed by atoms with Gasteiger partial charge in [-0.05, 0) is 37.5 Å². The van der Waals surface area contributed by atoms with E-state index in [0.29, 0.717) is 0 Å². The van der Waals surface area contributed by atoms with E-state index in [9.17, 15) is 4.79 Å². The summed E-state index contributed by atoms with van der Waals surface area (Å²) in [5.41, 5.74) is 4.16. The summed E-state index contributed by atoms with van der Waals surface area (Å²) in [7, 11) is 0. The predicted molar refractivity (Wildman–Crippen MR) is 119 cm³/mol. The normalized spacial score (nSPS) is 15.2. The average molecular weight is 407 g/mol. The molecule has 0 unspecified atom stereocenters. The summed E-state index contributed by atoms with van der Waals surface area (Å²) in [6.07, 6.45) is 1.94. The highest BCUT2D eigenvalue weighted by atomic mass is 32.1. The van der Waals surface area contributed by atoms with E-state index in [1.165, 1.54) is 5.56 Å². The molecular formula is C23H26N4OS. The molecule has 1 fully saturated rings. The zero-order valence-corrected chi connectivity index (χ0v) is 17.4. The van der Waals surface area contributed by atoms with Crippen LogP contribution in [0.1, 0.15) is 24.1 Å². The summed E-state index contributed by atoms with van der Waals surface area (Å²) in [6, 6.07) is 18.5. The molecule has 0 atom stereocenters. The van der Waals surface area contributed by atoms with Crippen LogP contribution >= 0.6 is 11.3 Å². The monoisotopic (exact) mass is 406 g/mol. The summed E-state index contributed by atoms with van der Waals surface area (Å²) < 4.78 is 0. The van der Waals surface area contributed by atoms with Gasteiger partial charge in [-0.25, -0.2) is 9.78 Å². The van der Waals surface area contributed by atoms with Crippen LogP contribution in [0, 0.1) is 6.92 Å². The maximum Gasteiger partial charge on any atom is 0.319 e. The molecule has 2 heterocycles. The highest BCUT2D eigenvalue weighted by Crippen LogP contribution is 2.26. The topological polar surface area (TPSA) is 57.3 Å². The van der Waals surface area contributed by atoms with E-state index in [1.807, 2.05) is 42.6 Å². The number of piperidine rings is 1. The fourth-order valence-electron chi connectivity index (χ4n) is 3.65. The Morgan fingerprint density at radius 1 is 1.14 bits per heavy atom. The molecule has 4 rings (SSSR count). The van der Waals surface area contributed by atoms with Crippen molar-refractivity contribution in [2.75, 3.05) is 18.4 Å². The number of benzene rings is 2. The molecule has 0 aliphatic carbocycles. The number of amides is 2. The number of aryl methyl sites for hydroxylation is 1. The fourth-order valence-corrected chi connectivity index (χ4v) is 4.44. The van der Waals surface area contributed by atoms with Crippen LogP contribution in [0.2, 0.25) is 0 Å². The number of urea groups is 1. The van der Waals surface area contributed by atoms with Crippen molar-refractivity contribution in [3.05, 3.63) is 71.2 Å². The summed E-state index contributed by atoms with van der Waals surface area (Å²) in [4.78, 5) is 19.4. The molecule has 5 nitrogen and oxygen atoms in total. The summed E-state index contributed by atoms with van der Waals surface area (Å²) in [5, 5.41) is 9.10. The molecular weight excluding hydrogens is 380 g/mol. The number of hydrogen-bond donors (Lipinski definition) is 2. The Morgan fingerprint density at radius 3 is 2.66 bits per heavy atom. The van der Waals surface area contributed by atoms with Crippen LogP contribution < -0.4 is 10.6 Å². The Hall–Kier alpha value is -2.70. The standard InChI is InChI=1S/C23H26N4OS/c1-17-16-29-22(24-17)19-8-5-9-21(14-19)26-23(28)25-20-10-12-27(13-11-20)15-18-6-3-2-4-7-18/h2-9,14,16,20H,10-13,15H2,1H3,(H2,25,26,28). The van der Waals surface area contributed by atoms with Gasteiger partial charge in [-0.3, -0.25) is 4.90 Å². The van der Waals surface area contributed by atoms with Gasteiger partial charge in [-0.2, -0.15) is 0 Å². The van der Waals surface area contributed by atoms with Gasteiger partial charge < -0.3 is 10.6 Å². The maximum absolute atomic E-state index is 12.5. The Kier molecular flexibility index (Phi) is 6.22. The number of anilines is 1. The fraction of sp³-hybridized carbons (Fsp3) is 0.304. The number of carbonyl (C=O) groups is 1. The van der Waals surface area contributed by atoms with Crippen LogP contribution in [-0.2, 0) is 6.54 Å². The van der Waals surface area contributed by atoms with Crippen LogP contribution in [0.4, 0.5) is 10.5 Å². The highest BCUT2D eigenvalue weighted by molar-refractivity contribution is 7.13. The zero-order chi connectivity index (χ0) is 20.1. The number of aromatic nitrogens is 1. The summed E-state index contributed by atoms with van der Waals surface area (Å²) in [6.45, 7) is 4.96. The van der Waals surface area contributed by atoms with Gasteiger partial charge in [-0.15, -0.1) is 11.3 Å². The van der Waals surface area contributed by atoms with Gasteiger partial charge in [0.15, 0.2) is 0 Å². The van der Waals surface area contributed by atoms with Gasteiger partial charge in [0.05, 0.1) is 0 Å². The Balaban J connectivity index is 1.26. The lowest BCUT2D eigenvalue weighted by molar-refractivity contribution is 0.190. The first-order valence-electron chi connectivity index (χ1n) is 10.0. The largest absolute Gasteiger partial charge is 0.335 e. The quantitative estimate of drug-likeness (QED) is 0.633. The molecule has 29 heavy (non-hydrogen) atoms. The molecule has 3 aromatic rings. The number of likely N-dealkylation sites (tertiary alicyclic amines) is 1. The number of nitrogens with one attached hydrogen (secondary N) is 2.